The Labute approximate surface area is 149 Å². The van der Waals surface area contributed by atoms with Gasteiger partial charge in [0, 0.05) is 5.92 Å². The molecule has 0 aliphatic rings. The number of esters is 1. The SMILES string of the molecule is [CH2]C(Cc1ccc(-c2ccccc2)cc1)C(=O)NC(C)(C)C(=O)OC. The highest BCUT2D eigenvalue weighted by Crippen LogP contribution is 2.20. The highest BCUT2D eigenvalue weighted by atomic mass is 16.5. The second-order valence-corrected chi connectivity index (χ2v) is 6.57. The Kier molecular flexibility index (Phi) is 5.97. The Hall–Kier alpha value is -2.62. The monoisotopic (exact) mass is 338 g/mol. The van der Waals surface area contributed by atoms with Gasteiger partial charge in [0.25, 0.3) is 0 Å². The van der Waals surface area contributed by atoms with Crippen molar-refractivity contribution in [2.75, 3.05) is 7.11 Å². The van der Waals surface area contributed by atoms with Crippen molar-refractivity contribution < 1.29 is 14.3 Å². The average molecular weight is 338 g/mol. The first-order valence-corrected chi connectivity index (χ1v) is 8.21. The van der Waals surface area contributed by atoms with E-state index in [1.807, 2.05) is 42.5 Å². The molecule has 2 aromatic carbocycles. The van der Waals surface area contributed by atoms with Gasteiger partial charge >= 0.3 is 5.97 Å². The summed E-state index contributed by atoms with van der Waals surface area (Å²) in [5.41, 5.74) is 2.23. The number of rotatable bonds is 6. The molecule has 1 unspecified atom stereocenters. The van der Waals surface area contributed by atoms with Crippen LogP contribution in [0.3, 0.4) is 0 Å². The number of nitrogens with one attached hydrogen (secondary N) is 1. The van der Waals surface area contributed by atoms with E-state index in [4.69, 9.17) is 4.74 Å². The number of benzene rings is 2. The summed E-state index contributed by atoms with van der Waals surface area (Å²) < 4.78 is 4.70. The van der Waals surface area contributed by atoms with Crippen molar-refractivity contribution >= 4 is 11.9 Å². The van der Waals surface area contributed by atoms with E-state index in [2.05, 4.69) is 24.4 Å². The Morgan fingerprint density at radius 2 is 1.60 bits per heavy atom. The van der Waals surface area contributed by atoms with Gasteiger partial charge in [0.2, 0.25) is 5.91 Å². The molecule has 4 nitrogen and oxygen atoms in total. The number of amides is 1. The molecule has 25 heavy (non-hydrogen) atoms. The highest BCUT2D eigenvalue weighted by Gasteiger charge is 2.31. The molecular weight excluding hydrogens is 314 g/mol. The van der Waals surface area contributed by atoms with E-state index in [0.717, 1.165) is 16.7 Å². The molecular formula is C21H24NO3. The van der Waals surface area contributed by atoms with Gasteiger partial charge in [0.1, 0.15) is 5.54 Å². The third-order valence-corrected chi connectivity index (χ3v) is 4.05. The summed E-state index contributed by atoms with van der Waals surface area (Å²) in [5, 5.41) is 2.69. The zero-order chi connectivity index (χ0) is 18.4. The van der Waals surface area contributed by atoms with E-state index in [-0.39, 0.29) is 5.91 Å². The molecule has 0 spiro atoms. The summed E-state index contributed by atoms with van der Waals surface area (Å²) >= 11 is 0. The molecule has 0 aromatic heterocycles. The van der Waals surface area contributed by atoms with Crippen molar-refractivity contribution in [3.8, 4) is 11.1 Å². The van der Waals surface area contributed by atoms with E-state index in [0.29, 0.717) is 6.42 Å². The van der Waals surface area contributed by atoms with Crippen LogP contribution in [-0.2, 0) is 20.7 Å². The van der Waals surface area contributed by atoms with Crippen molar-refractivity contribution in [2.45, 2.75) is 25.8 Å². The predicted molar refractivity (Wildman–Crippen MR) is 98.7 cm³/mol. The lowest BCUT2D eigenvalue weighted by Gasteiger charge is -2.25. The molecule has 0 aliphatic heterocycles. The first kappa shape index (κ1) is 18.7. The van der Waals surface area contributed by atoms with Crippen molar-refractivity contribution in [3.63, 3.8) is 0 Å². The molecule has 1 atom stereocenters. The third-order valence-electron chi connectivity index (χ3n) is 4.05. The van der Waals surface area contributed by atoms with Gasteiger partial charge in [-0.15, -0.1) is 0 Å². The van der Waals surface area contributed by atoms with Gasteiger partial charge in [0.05, 0.1) is 7.11 Å². The summed E-state index contributed by atoms with van der Waals surface area (Å²) in [6, 6.07) is 18.2. The molecule has 0 saturated carbocycles. The van der Waals surface area contributed by atoms with Gasteiger partial charge in [-0.05, 0) is 43.9 Å². The average Bonchev–Trinajstić information content (AvgIpc) is 2.61. The minimum atomic E-state index is -1.07. The molecule has 1 radical (unpaired) electrons. The maximum Gasteiger partial charge on any atom is 0.330 e. The van der Waals surface area contributed by atoms with Crippen LogP contribution >= 0.6 is 0 Å². The Morgan fingerprint density at radius 3 is 2.16 bits per heavy atom. The molecule has 4 heteroatoms. The number of ether oxygens (including phenoxy) is 1. The summed E-state index contributed by atoms with van der Waals surface area (Å²) in [7, 11) is 1.30. The fourth-order valence-electron chi connectivity index (χ4n) is 2.56. The van der Waals surface area contributed by atoms with Crippen LogP contribution in [-0.4, -0.2) is 24.5 Å². The standard InChI is InChI=1S/C21H24NO3/c1-15(19(23)22-21(2,3)20(24)25-4)14-16-10-12-18(13-11-16)17-8-6-5-7-9-17/h5-13,15H,1,14H2,2-4H3,(H,22,23). The number of methoxy groups -OCH3 is 1. The van der Waals surface area contributed by atoms with E-state index in [9.17, 15) is 9.59 Å². The van der Waals surface area contributed by atoms with Gasteiger partial charge in [-0.1, -0.05) is 54.6 Å². The van der Waals surface area contributed by atoms with Crippen molar-refractivity contribution in [2.24, 2.45) is 5.92 Å². The first-order chi connectivity index (χ1) is 11.8. The summed E-state index contributed by atoms with van der Waals surface area (Å²) in [6.45, 7) is 7.14. The molecule has 2 aromatic rings. The minimum absolute atomic E-state index is 0.275. The van der Waals surface area contributed by atoms with Gasteiger partial charge in [-0.25, -0.2) is 4.79 Å². The number of hydrogen-bond donors (Lipinski definition) is 1. The minimum Gasteiger partial charge on any atom is -0.467 e. The van der Waals surface area contributed by atoms with Crippen molar-refractivity contribution in [1.82, 2.24) is 5.32 Å². The molecule has 131 valence electrons. The van der Waals surface area contributed by atoms with Gasteiger partial charge < -0.3 is 10.1 Å². The topological polar surface area (TPSA) is 55.4 Å². The molecule has 0 bridgehead atoms. The second kappa shape index (κ2) is 7.97. The van der Waals surface area contributed by atoms with Crippen molar-refractivity contribution in [3.05, 3.63) is 67.1 Å². The van der Waals surface area contributed by atoms with Crippen LogP contribution in [0.15, 0.2) is 54.6 Å². The number of carbonyl (C=O) groups excluding carboxylic acids is 2. The Bertz CT molecular complexity index is 721. The van der Waals surface area contributed by atoms with E-state index in [1.54, 1.807) is 13.8 Å². The molecule has 0 aliphatic carbocycles. The highest BCUT2D eigenvalue weighted by molar-refractivity contribution is 5.88. The van der Waals surface area contributed by atoms with Crippen LogP contribution in [0.5, 0.6) is 0 Å². The smallest absolute Gasteiger partial charge is 0.330 e. The molecule has 0 heterocycles. The van der Waals surface area contributed by atoms with Crippen molar-refractivity contribution in [1.29, 1.82) is 0 Å². The molecule has 1 N–H and O–H groups in total. The fraction of sp³-hybridized carbons (Fsp3) is 0.286. The summed E-state index contributed by atoms with van der Waals surface area (Å²) in [4.78, 5) is 24.0. The Morgan fingerprint density at radius 1 is 1.04 bits per heavy atom. The fourth-order valence-corrected chi connectivity index (χ4v) is 2.56. The van der Waals surface area contributed by atoms with E-state index >= 15 is 0 Å². The molecule has 0 saturated heterocycles. The quantitative estimate of drug-likeness (QED) is 0.821. The summed E-state index contributed by atoms with van der Waals surface area (Å²) in [5.74, 6) is -1.26. The van der Waals surface area contributed by atoms with Crippen LogP contribution in [0.25, 0.3) is 11.1 Å². The third kappa shape index (κ3) is 4.92. The van der Waals surface area contributed by atoms with Crippen LogP contribution in [0.2, 0.25) is 0 Å². The lowest BCUT2D eigenvalue weighted by molar-refractivity contribution is -0.149. The normalized spacial score (nSPS) is 12.3. The lowest BCUT2D eigenvalue weighted by atomic mass is 9.96. The molecule has 2 rings (SSSR count). The zero-order valence-corrected chi connectivity index (χ0v) is 14.9. The van der Waals surface area contributed by atoms with E-state index in [1.165, 1.54) is 7.11 Å². The lowest BCUT2D eigenvalue weighted by Crippen LogP contribution is -2.52. The number of carbonyl (C=O) groups is 2. The zero-order valence-electron chi connectivity index (χ0n) is 14.9. The maximum absolute atomic E-state index is 12.3. The Balaban J connectivity index is 1.99. The second-order valence-electron chi connectivity index (χ2n) is 6.57. The van der Waals surface area contributed by atoms with Gasteiger partial charge in [-0.3, -0.25) is 4.79 Å². The molecule has 0 fully saturated rings. The largest absolute Gasteiger partial charge is 0.467 e. The predicted octanol–water partition coefficient (Wildman–Crippen LogP) is 3.41. The van der Waals surface area contributed by atoms with E-state index < -0.39 is 17.4 Å². The summed E-state index contributed by atoms with van der Waals surface area (Å²) in [6.07, 6.45) is 0.498. The molecule has 1 amide bonds. The van der Waals surface area contributed by atoms with Crippen LogP contribution in [0, 0.1) is 12.8 Å². The van der Waals surface area contributed by atoms with Gasteiger partial charge in [0.15, 0.2) is 0 Å². The van der Waals surface area contributed by atoms with Crippen LogP contribution in [0.1, 0.15) is 19.4 Å². The maximum atomic E-state index is 12.3. The van der Waals surface area contributed by atoms with Crippen LogP contribution < -0.4 is 5.32 Å². The number of hydrogen-bond acceptors (Lipinski definition) is 3. The van der Waals surface area contributed by atoms with Gasteiger partial charge in [-0.2, -0.15) is 0 Å². The van der Waals surface area contributed by atoms with Crippen LogP contribution in [0.4, 0.5) is 0 Å². The first-order valence-electron chi connectivity index (χ1n) is 8.21.